The smallest absolute Gasteiger partial charge is 0.264 e. The highest BCUT2D eigenvalue weighted by Gasteiger charge is 2.19. The van der Waals surface area contributed by atoms with Gasteiger partial charge in [0.05, 0.1) is 18.2 Å². The van der Waals surface area contributed by atoms with Gasteiger partial charge in [0.15, 0.2) is 5.65 Å². The second-order valence-electron chi connectivity index (χ2n) is 12.1. The van der Waals surface area contributed by atoms with Crippen LogP contribution in [-0.4, -0.2) is 83.9 Å². The molecule has 0 unspecified atom stereocenters. The van der Waals surface area contributed by atoms with Crippen molar-refractivity contribution in [3.63, 3.8) is 0 Å². The molecule has 5 aromatic rings. The van der Waals surface area contributed by atoms with Gasteiger partial charge in [-0.05, 0) is 92.5 Å². The normalized spacial score (nSPS) is 13.6. The Hall–Kier alpha value is -5.26. The summed E-state index contributed by atoms with van der Waals surface area (Å²) in [6.45, 7) is 5.76. The summed E-state index contributed by atoms with van der Waals surface area (Å²) in [5.74, 6) is 0.622. The van der Waals surface area contributed by atoms with E-state index in [1.54, 1.807) is 29.0 Å². The fourth-order valence-electron chi connectivity index (χ4n) is 5.45. The van der Waals surface area contributed by atoms with Crippen molar-refractivity contribution >= 4 is 54.5 Å². The van der Waals surface area contributed by atoms with Crippen molar-refractivity contribution in [3.05, 3.63) is 120 Å². The van der Waals surface area contributed by atoms with Crippen LogP contribution >= 0.6 is 0 Å². The molecule has 16 heteroatoms. The van der Waals surface area contributed by atoms with Crippen LogP contribution in [0.25, 0.3) is 27.8 Å². The molecule has 1 aliphatic rings. The van der Waals surface area contributed by atoms with Gasteiger partial charge < -0.3 is 15.5 Å². The van der Waals surface area contributed by atoms with Gasteiger partial charge in [0.2, 0.25) is 11.9 Å². The first-order valence-corrected chi connectivity index (χ1v) is 19.6. The van der Waals surface area contributed by atoms with Crippen molar-refractivity contribution in [3.8, 4) is 16.8 Å². The predicted octanol–water partition coefficient (Wildman–Crippen LogP) is 5.13. The van der Waals surface area contributed by atoms with Crippen LogP contribution in [0.3, 0.4) is 0 Å². The Morgan fingerprint density at radius 2 is 1.50 bits per heavy atom. The molecular weight excluding hydrogens is 709 g/mol. The van der Waals surface area contributed by atoms with E-state index in [0.717, 1.165) is 37.2 Å². The molecule has 6 rings (SSSR count). The second kappa shape index (κ2) is 17.3. The van der Waals surface area contributed by atoms with Gasteiger partial charge in [0, 0.05) is 28.5 Å². The molecule has 0 bridgehead atoms. The molecular formula is C36H40N6O8S2. The predicted molar refractivity (Wildman–Crippen MR) is 204 cm³/mol. The highest BCUT2D eigenvalue weighted by atomic mass is 32.2. The number of pyridine rings is 1. The quantitative estimate of drug-likeness (QED) is 0.126. The van der Waals surface area contributed by atoms with Crippen LogP contribution in [0.5, 0.6) is 0 Å². The van der Waals surface area contributed by atoms with Crippen molar-refractivity contribution in [1.82, 2.24) is 19.4 Å². The Balaban J connectivity index is 0.000000536. The lowest BCUT2D eigenvalue weighted by molar-refractivity contribution is -0.111. The van der Waals surface area contributed by atoms with Crippen molar-refractivity contribution in [2.24, 2.45) is 0 Å². The lowest BCUT2D eigenvalue weighted by Crippen LogP contribution is -2.29. The SMILES string of the molecule is C=CC(=O)Nc1cccc(-n2c(=O)c(-c3ccccc3)cc3cnc(Nc4ccc(C5CCN(C)CC5)cc4)nc32)c1.CS(=O)(=O)O.CS(=O)(=O)O. The van der Waals surface area contributed by atoms with Crippen LogP contribution in [-0.2, 0) is 25.0 Å². The fourth-order valence-corrected chi connectivity index (χ4v) is 5.45. The zero-order valence-corrected chi connectivity index (χ0v) is 30.4. The number of nitrogens with zero attached hydrogens (tertiary/aromatic N) is 4. The van der Waals surface area contributed by atoms with E-state index in [4.69, 9.17) is 14.1 Å². The van der Waals surface area contributed by atoms with E-state index in [0.29, 0.717) is 52.3 Å². The van der Waals surface area contributed by atoms with Gasteiger partial charge in [-0.3, -0.25) is 23.3 Å². The average Bonchev–Trinajstić information content (AvgIpc) is 3.08. The summed E-state index contributed by atoms with van der Waals surface area (Å²) in [5.41, 5.74) is 4.86. The number of carbonyl (C=O) groups excluding carboxylic acids is 1. The molecule has 1 amide bonds. The molecule has 3 heterocycles. The minimum atomic E-state index is -3.67. The largest absolute Gasteiger partial charge is 0.324 e. The Kier molecular flexibility index (Phi) is 13.2. The van der Waals surface area contributed by atoms with Crippen molar-refractivity contribution in [1.29, 1.82) is 0 Å². The van der Waals surface area contributed by atoms with E-state index in [2.05, 4.69) is 58.4 Å². The summed E-state index contributed by atoms with van der Waals surface area (Å²) < 4.78 is 53.3. The van der Waals surface area contributed by atoms with Gasteiger partial charge in [-0.1, -0.05) is 55.1 Å². The maximum Gasteiger partial charge on any atom is 0.264 e. The maximum absolute atomic E-state index is 14.0. The molecule has 0 radical (unpaired) electrons. The topological polar surface area (TPSA) is 201 Å². The number of carbonyl (C=O) groups is 1. The van der Waals surface area contributed by atoms with E-state index >= 15 is 0 Å². The molecule has 4 N–H and O–H groups in total. The lowest BCUT2D eigenvalue weighted by atomic mass is 9.89. The highest BCUT2D eigenvalue weighted by Crippen LogP contribution is 2.29. The summed E-state index contributed by atoms with van der Waals surface area (Å²) in [6.07, 6.45) is 6.69. The van der Waals surface area contributed by atoms with Crippen LogP contribution in [0, 0.1) is 0 Å². The molecule has 274 valence electrons. The Morgan fingerprint density at radius 3 is 2.10 bits per heavy atom. The molecule has 0 aliphatic carbocycles. The van der Waals surface area contributed by atoms with Crippen LogP contribution in [0.2, 0.25) is 0 Å². The summed E-state index contributed by atoms with van der Waals surface area (Å²) in [6, 6.07) is 26.9. The van der Waals surface area contributed by atoms with Crippen molar-refractivity contribution < 1.29 is 30.7 Å². The molecule has 3 aromatic carbocycles. The number of anilines is 3. The standard InChI is InChI=1S/C34H32N6O2.2CH4O3S/c1-3-31(41)36-28-10-7-11-29(21-28)40-32-26(20-30(33(40)42)25-8-5-4-6-9-25)22-35-34(38-32)37-27-14-12-23(13-15-27)24-16-18-39(2)19-17-24;2*1-5(2,3)4/h3-15,20-22,24H,1,16-19H2,2H3,(H,36,41)(H,35,37,38);2*1H3,(H,2,3,4). The number of nitrogens with one attached hydrogen (secondary N) is 2. The number of amides is 1. The third-order valence-corrected chi connectivity index (χ3v) is 7.74. The zero-order valence-electron chi connectivity index (χ0n) is 28.8. The Morgan fingerprint density at radius 1 is 0.885 bits per heavy atom. The van der Waals surface area contributed by atoms with E-state index in [9.17, 15) is 26.4 Å². The minimum absolute atomic E-state index is 0.229. The summed E-state index contributed by atoms with van der Waals surface area (Å²) in [7, 11) is -5.16. The highest BCUT2D eigenvalue weighted by molar-refractivity contribution is 7.85. The molecule has 0 atom stereocenters. The molecule has 1 fully saturated rings. The van der Waals surface area contributed by atoms with E-state index in [1.165, 1.54) is 11.6 Å². The first kappa shape index (κ1) is 39.5. The second-order valence-corrected chi connectivity index (χ2v) is 15.0. The van der Waals surface area contributed by atoms with E-state index in [-0.39, 0.29) is 11.5 Å². The van der Waals surface area contributed by atoms with Gasteiger partial charge in [-0.2, -0.15) is 21.8 Å². The third-order valence-electron chi connectivity index (χ3n) is 7.74. The Bertz CT molecular complexity index is 2260. The van der Waals surface area contributed by atoms with Crippen LogP contribution in [0.4, 0.5) is 17.3 Å². The van der Waals surface area contributed by atoms with Crippen molar-refractivity contribution in [2.75, 3.05) is 43.3 Å². The number of rotatable bonds is 7. The lowest BCUT2D eigenvalue weighted by Gasteiger charge is -2.29. The van der Waals surface area contributed by atoms with Gasteiger partial charge in [0.1, 0.15) is 0 Å². The summed E-state index contributed by atoms with van der Waals surface area (Å²) >= 11 is 0. The van der Waals surface area contributed by atoms with Crippen molar-refractivity contribution in [2.45, 2.75) is 18.8 Å². The third kappa shape index (κ3) is 12.2. The number of piperidine rings is 1. The number of fused-ring (bicyclic) bond motifs is 1. The van der Waals surface area contributed by atoms with Gasteiger partial charge in [-0.15, -0.1) is 0 Å². The molecule has 52 heavy (non-hydrogen) atoms. The Labute approximate surface area is 302 Å². The maximum atomic E-state index is 14.0. The van der Waals surface area contributed by atoms with Gasteiger partial charge in [-0.25, -0.2) is 4.98 Å². The minimum Gasteiger partial charge on any atom is -0.324 e. The molecule has 2 aromatic heterocycles. The summed E-state index contributed by atoms with van der Waals surface area (Å²) in [5, 5.41) is 6.78. The number of aromatic nitrogens is 3. The first-order chi connectivity index (χ1) is 24.5. The summed E-state index contributed by atoms with van der Waals surface area (Å²) in [4.78, 5) is 37.7. The zero-order chi connectivity index (χ0) is 38.1. The fraction of sp³-hybridized carbons (Fsp3) is 0.222. The number of hydrogen-bond acceptors (Lipinski definition) is 10. The molecule has 1 aliphatic heterocycles. The monoisotopic (exact) mass is 748 g/mol. The molecule has 0 spiro atoms. The number of likely N-dealkylation sites (tertiary alicyclic amines) is 1. The van der Waals surface area contributed by atoms with Crippen LogP contribution in [0.1, 0.15) is 24.3 Å². The van der Waals surface area contributed by atoms with Crippen LogP contribution in [0.15, 0.2) is 109 Å². The average molecular weight is 749 g/mol. The number of hydrogen-bond donors (Lipinski definition) is 4. The van der Waals surface area contributed by atoms with E-state index < -0.39 is 20.2 Å². The first-order valence-electron chi connectivity index (χ1n) is 15.9. The molecule has 0 saturated carbocycles. The van der Waals surface area contributed by atoms with E-state index in [1.807, 2.05) is 42.5 Å². The van der Waals surface area contributed by atoms with Gasteiger partial charge in [0.25, 0.3) is 25.8 Å². The molecule has 1 saturated heterocycles. The molecule has 14 nitrogen and oxygen atoms in total. The van der Waals surface area contributed by atoms with Crippen LogP contribution < -0.4 is 16.2 Å². The van der Waals surface area contributed by atoms with Gasteiger partial charge >= 0.3 is 0 Å². The number of benzene rings is 3.